The zero-order valence-electron chi connectivity index (χ0n) is 19.3. The summed E-state index contributed by atoms with van der Waals surface area (Å²) in [6.45, 7) is 0.0288. The lowest BCUT2D eigenvalue weighted by Gasteiger charge is -2.17. The van der Waals surface area contributed by atoms with E-state index < -0.39 is 33.8 Å². The molecule has 0 unspecified atom stereocenters. The normalized spacial score (nSPS) is 12.1. The molecule has 1 heterocycles. The molecule has 0 saturated carbocycles. The van der Waals surface area contributed by atoms with Crippen LogP contribution in [0.1, 0.15) is 23.2 Å². The van der Waals surface area contributed by atoms with E-state index in [2.05, 4.69) is 20.3 Å². The summed E-state index contributed by atoms with van der Waals surface area (Å²) in [4.78, 5) is 57.0. The van der Waals surface area contributed by atoms with Gasteiger partial charge >= 0.3 is 5.97 Å². The molecule has 1 aromatic heterocycles. The number of esters is 1. The number of hydrazine groups is 1. The first-order chi connectivity index (χ1) is 17.6. The van der Waals surface area contributed by atoms with Gasteiger partial charge in [-0.2, -0.15) is 0 Å². The number of carbonyl (C=O) groups excluding carboxylic acids is 2. The van der Waals surface area contributed by atoms with Crippen molar-refractivity contribution in [2.24, 2.45) is 10.7 Å². The van der Waals surface area contributed by atoms with Crippen molar-refractivity contribution in [1.82, 2.24) is 20.7 Å². The number of nitrogens with two attached hydrogens (primary N) is 1. The predicted octanol–water partition coefficient (Wildman–Crippen LogP) is 0.991. The number of non-ortho nitro benzene ring substituents is 1. The molecule has 1 amide bonds. The van der Waals surface area contributed by atoms with E-state index in [1.54, 1.807) is 5.43 Å². The van der Waals surface area contributed by atoms with Crippen molar-refractivity contribution in [2.45, 2.75) is 18.9 Å². The number of rotatable bonds is 10. The average molecular weight is 514 g/mol. The number of imidazole rings is 1. The van der Waals surface area contributed by atoms with Gasteiger partial charge in [0, 0.05) is 24.2 Å². The van der Waals surface area contributed by atoms with Gasteiger partial charge in [-0.1, -0.05) is 5.43 Å². The summed E-state index contributed by atoms with van der Waals surface area (Å²) >= 11 is 0. The summed E-state index contributed by atoms with van der Waals surface area (Å²) < 4.78 is 4.72. The number of aromatic amines is 1. The summed E-state index contributed by atoms with van der Waals surface area (Å²) in [6.07, 6.45) is 0.285. The molecule has 194 valence electrons. The Morgan fingerprint density at radius 1 is 1.24 bits per heavy atom. The van der Waals surface area contributed by atoms with Gasteiger partial charge in [0.1, 0.15) is 17.6 Å². The molecule has 16 nitrogen and oxygen atoms in total. The molecule has 0 bridgehead atoms. The molecular formula is C21H22N8O8. The number of H-pyrrole nitrogens is 1. The highest BCUT2D eigenvalue weighted by Crippen LogP contribution is 2.27. The first-order valence-electron chi connectivity index (χ1n) is 10.7. The molecule has 1 atom stereocenters. The fourth-order valence-corrected chi connectivity index (χ4v) is 3.36. The molecule has 2 aromatic carbocycles. The molecular weight excluding hydrogens is 492 g/mol. The van der Waals surface area contributed by atoms with Crippen LogP contribution in [0.2, 0.25) is 0 Å². The van der Waals surface area contributed by atoms with E-state index >= 15 is 0 Å². The van der Waals surface area contributed by atoms with Gasteiger partial charge in [-0.05, 0) is 37.1 Å². The Bertz CT molecular complexity index is 1390. The van der Waals surface area contributed by atoms with E-state index in [1.807, 2.05) is 0 Å². The fraction of sp³-hybridized carbons (Fsp3) is 0.238. The molecule has 0 aliphatic rings. The Hall–Kier alpha value is -5.28. The van der Waals surface area contributed by atoms with Crippen LogP contribution in [0, 0.1) is 20.2 Å². The Kier molecular flexibility index (Phi) is 8.13. The number of aromatic hydroxyl groups is 1. The third kappa shape index (κ3) is 6.65. The Morgan fingerprint density at radius 2 is 2.00 bits per heavy atom. The molecule has 0 radical (unpaired) electrons. The summed E-state index contributed by atoms with van der Waals surface area (Å²) in [5.74, 6) is -2.00. The van der Waals surface area contributed by atoms with Crippen molar-refractivity contribution in [3.63, 3.8) is 0 Å². The van der Waals surface area contributed by atoms with Gasteiger partial charge in [-0.15, -0.1) is 0 Å². The Morgan fingerprint density at radius 3 is 2.68 bits per heavy atom. The van der Waals surface area contributed by atoms with Crippen LogP contribution in [0.25, 0.3) is 22.4 Å². The Balaban J connectivity index is 1.77. The van der Waals surface area contributed by atoms with Crippen molar-refractivity contribution in [3.05, 3.63) is 62.2 Å². The van der Waals surface area contributed by atoms with Crippen LogP contribution in [-0.2, 0) is 9.53 Å². The molecule has 3 rings (SSSR count). The number of nitrogens with one attached hydrogen (secondary N) is 3. The monoisotopic (exact) mass is 514 g/mol. The summed E-state index contributed by atoms with van der Waals surface area (Å²) in [5, 5.41) is 33.2. The molecule has 16 heteroatoms. The quantitative estimate of drug-likeness (QED) is 0.0638. The largest absolute Gasteiger partial charge is 0.507 e. The number of aromatic nitrogens is 2. The SMILES string of the molecule is COC(=O)[C@H](CCCN=C(N)N[N+](=O)[O-])NC(=O)c1cc(-c2nc3ccc([N+](=O)[O-])cc3[nH]2)ccc1O. The van der Waals surface area contributed by atoms with Gasteiger partial charge < -0.3 is 25.9 Å². The molecule has 0 aliphatic heterocycles. The van der Waals surface area contributed by atoms with Crippen LogP contribution in [-0.4, -0.2) is 62.6 Å². The van der Waals surface area contributed by atoms with Gasteiger partial charge in [0.25, 0.3) is 17.6 Å². The van der Waals surface area contributed by atoms with Crippen LogP contribution in [0.4, 0.5) is 5.69 Å². The standard InChI is InChI=1S/C21H22N8O8/c1-37-20(32)15(3-2-8-23-21(22)27-29(35)36)26-19(31)13-9-11(4-7-17(13)30)18-24-14-6-5-12(28(33)34)10-16(14)25-18/h4-7,9-10,15,30H,2-3,8H2,1H3,(H,24,25)(H,26,31)(H3,22,23,27)/t15-/m0/s1. The lowest BCUT2D eigenvalue weighted by atomic mass is 10.1. The average Bonchev–Trinajstić information content (AvgIpc) is 3.28. The maximum Gasteiger partial charge on any atom is 0.328 e. The van der Waals surface area contributed by atoms with Crippen molar-refractivity contribution in [3.8, 4) is 17.1 Å². The number of amides is 1. The molecule has 0 spiro atoms. The number of methoxy groups -OCH3 is 1. The fourth-order valence-electron chi connectivity index (χ4n) is 3.36. The van der Waals surface area contributed by atoms with Gasteiger partial charge in [0.05, 0.1) is 28.6 Å². The van der Waals surface area contributed by atoms with E-state index in [0.29, 0.717) is 22.4 Å². The van der Waals surface area contributed by atoms with Crippen molar-refractivity contribution >= 4 is 34.6 Å². The third-order valence-corrected chi connectivity index (χ3v) is 5.12. The third-order valence-electron chi connectivity index (χ3n) is 5.12. The second-order valence-electron chi connectivity index (χ2n) is 7.60. The molecule has 3 aromatic rings. The van der Waals surface area contributed by atoms with Gasteiger partial charge in [-0.25, -0.2) is 24.9 Å². The van der Waals surface area contributed by atoms with Crippen molar-refractivity contribution in [2.75, 3.05) is 13.7 Å². The van der Waals surface area contributed by atoms with E-state index in [0.717, 1.165) is 7.11 Å². The smallest absolute Gasteiger partial charge is 0.328 e. The number of benzene rings is 2. The lowest BCUT2D eigenvalue weighted by Crippen LogP contribution is -2.41. The number of carbonyl (C=O) groups is 2. The summed E-state index contributed by atoms with van der Waals surface area (Å²) in [5.41, 5.74) is 8.00. The number of nitro groups is 2. The molecule has 6 N–H and O–H groups in total. The molecule has 0 fully saturated rings. The number of phenolic OH excluding ortho intramolecular Hbond substituents is 1. The lowest BCUT2D eigenvalue weighted by molar-refractivity contribution is -0.525. The maximum atomic E-state index is 12.9. The second-order valence-corrected chi connectivity index (χ2v) is 7.60. The number of hydrogen-bond donors (Lipinski definition) is 5. The minimum atomic E-state index is -1.10. The van der Waals surface area contributed by atoms with Gasteiger partial charge in [0.2, 0.25) is 0 Å². The van der Waals surface area contributed by atoms with Crippen molar-refractivity contribution in [1.29, 1.82) is 0 Å². The van der Waals surface area contributed by atoms with Crippen LogP contribution < -0.4 is 16.5 Å². The zero-order valence-corrected chi connectivity index (χ0v) is 19.3. The number of phenols is 1. The molecule has 37 heavy (non-hydrogen) atoms. The number of nitrogens with zero attached hydrogens (tertiary/aromatic N) is 4. The number of guanidine groups is 1. The van der Waals surface area contributed by atoms with Crippen LogP contribution in [0.5, 0.6) is 5.75 Å². The maximum absolute atomic E-state index is 12.9. The molecule has 0 aliphatic carbocycles. The topological polar surface area (TPSA) is 241 Å². The van der Waals surface area contributed by atoms with Gasteiger partial charge in [-0.3, -0.25) is 14.9 Å². The zero-order chi connectivity index (χ0) is 27.1. The highest BCUT2D eigenvalue weighted by molar-refractivity contribution is 6.00. The summed E-state index contributed by atoms with van der Waals surface area (Å²) in [6, 6.07) is 7.13. The van der Waals surface area contributed by atoms with Crippen molar-refractivity contribution < 1.29 is 29.4 Å². The van der Waals surface area contributed by atoms with E-state index in [4.69, 9.17) is 10.5 Å². The number of hydrogen-bond acceptors (Lipinski definition) is 10. The minimum Gasteiger partial charge on any atom is -0.507 e. The first kappa shape index (κ1) is 26.3. The van der Waals surface area contributed by atoms with Gasteiger partial charge in [0.15, 0.2) is 5.03 Å². The number of fused-ring (bicyclic) bond motifs is 1. The number of nitro benzene ring substituents is 1. The van der Waals surface area contributed by atoms with Crippen LogP contribution in [0.3, 0.4) is 0 Å². The first-order valence-corrected chi connectivity index (χ1v) is 10.7. The predicted molar refractivity (Wildman–Crippen MR) is 129 cm³/mol. The number of ether oxygens (including phenoxy) is 1. The number of aliphatic imine (C=N–C) groups is 1. The Labute approximate surface area is 207 Å². The summed E-state index contributed by atoms with van der Waals surface area (Å²) in [7, 11) is 1.14. The minimum absolute atomic E-state index is 0.0288. The van der Waals surface area contributed by atoms with E-state index in [9.17, 15) is 34.9 Å². The highest BCUT2D eigenvalue weighted by atomic mass is 16.7. The highest BCUT2D eigenvalue weighted by Gasteiger charge is 2.24. The van der Waals surface area contributed by atoms with Crippen LogP contribution >= 0.6 is 0 Å². The second kappa shape index (κ2) is 11.4. The van der Waals surface area contributed by atoms with E-state index in [-0.39, 0.29) is 36.4 Å². The van der Waals surface area contributed by atoms with E-state index in [1.165, 1.54) is 36.4 Å². The van der Waals surface area contributed by atoms with Crippen LogP contribution in [0.15, 0.2) is 41.4 Å². The molecule has 0 saturated heterocycles.